The molecule has 134 valence electrons. The van der Waals surface area contributed by atoms with Crippen LogP contribution in [0.25, 0.3) is 10.9 Å². The number of nitrogens with one attached hydrogen (secondary N) is 1. The van der Waals surface area contributed by atoms with Gasteiger partial charge < -0.3 is 14.8 Å². The lowest BCUT2D eigenvalue weighted by Crippen LogP contribution is -2.28. The van der Waals surface area contributed by atoms with E-state index in [1.807, 2.05) is 49.5 Å². The van der Waals surface area contributed by atoms with Crippen molar-refractivity contribution in [1.82, 2.24) is 4.98 Å². The molecule has 0 aliphatic carbocycles. The molecule has 0 spiro atoms. The molecule has 0 saturated heterocycles. The molecule has 2 N–H and O–H groups in total. The molecule has 1 atom stereocenters. The number of ether oxygens (including phenoxy) is 1. The molecule has 0 fully saturated rings. The van der Waals surface area contributed by atoms with E-state index in [-0.39, 0.29) is 5.92 Å². The molecule has 5 nitrogen and oxygen atoms in total. The number of H-pyrrole nitrogens is 1. The van der Waals surface area contributed by atoms with E-state index >= 15 is 0 Å². The molecule has 2 aromatic carbocycles. The number of carboxylic acid groups (broad SMARTS) is 1. The van der Waals surface area contributed by atoms with Gasteiger partial charge in [0.2, 0.25) is 0 Å². The Labute approximate surface area is 156 Å². The maximum Gasteiger partial charge on any atom is 0.411 e. The summed E-state index contributed by atoms with van der Waals surface area (Å²) in [5.41, 5.74) is 4.66. The number of rotatable bonds is 4. The number of anilines is 1. The molecule has 6 heteroatoms. The van der Waals surface area contributed by atoms with E-state index in [2.05, 4.69) is 4.98 Å². The third-order valence-electron chi connectivity index (χ3n) is 4.89. The minimum atomic E-state index is -0.972. The molecule has 1 amide bonds. The maximum atomic E-state index is 11.7. The Morgan fingerprint density at radius 2 is 2.15 bits per heavy atom. The molecular weight excluding hydrogens is 352 g/mol. The average molecular weight is 371 g/mol. The van der Waals surface area contributed by atoms with Gasteiger partial charge in [0.1, 0.15) is 12.4 Å². The van der Waals surface area contributed by atoms with Crippen LogP contribution in [-0.4, -0.2) is 28.6 Å². The number of nitrogens with zero attached hydrogens (tertiary/aromatic N) is 1. The quantitative estimate of drug-likeness (QED) is 0.643. The minimum absolute atomic E-state index is 0.0251. The van der Waals surface area contributed by atoms with Crippen molar-refractivity contribution in [2.24, 2.45) is 0 Å². The first kappa shape index (κ1) is 16.8. The molecule has 1 aliphatic heterocycles. The van der Waals surface area contributed by atoms with Gasteiger partial charge in [0.25, 0.3) is 0 Å². The molecular formula is C20H19ClN2O3. The number of aryl methyl sites for hydroxylation is 1. The van der Waals surface area contributed by atoms with Gasteiger partial charge in [-0.05, 0) is 23.6 Å². The Morgan fingerprint density at radius 1 is 1.38 bits per heavy atom. The molecule has 2 heterocycles. The van der Waals surface area contributed by atoms with Crippen LogP contribution in [0.4, 0.5) is 10.5 Å². The van der Waals surface area contributed by atoms with Crippen LogP contribution in [0.1, 0.15) is 22.6 Å². The summed E-state index contributed by atoms with van der Waals surface area (Å²) >= 11 is 6.15. The lowest BCUT2D eigenvalue weighted by Gasteiger charge is -2.16. The standard InChI is InChI=1S/C20H19ClN2O3/c1-12-9-22-19-16(26-11-13-5-3-2-4-6-13)7-15-18(17(12)19)14(8-21)10-23(15)20(24)25/h2-7,9,14,22H,8,10-11H2,1H3,(H,24,25). The summed E-state index contributed by atoms with van der Waals surface area (Å²) in [7, 11) is 0. The Balaban J connectivity index is 1.82. The van der Waals surface area contributed by atoms with Gasteiger partial charge >= 0.3 is 6.09 Å². The predicted molar refractivity (Wildman–Crippen MR) is 103 cm³/mol. The summed E-state index contributed by atoms with van der Waals surface area (Å²) < 4.78 is 6.06. The number of hydrogen-bond donors (Lipinski definition) is 2. The third-order valence-corrected chi connectivity index (χ3v) is 5.27. The number of alkyl halides is 1. The third kappa shape index (κ3) is 2.69. The van der Waals surface area contributed by atoms with E-state index in [0.717, 1.165) is 27.6 Å². The first-order valence-corrected chi connectivity index (χ1v) is 9.01. The highest BCUT2D eigenvalue weighted by Gasteiger charge is 2.35. The van der Waals surface area contributed by atoms with Crippen LogP contribution in [0.5, 0.6) is 5.75 Å². The van der Waals surface area contributed by atoms with Crippen LogP contribution in [-0.2, 0) is 6.61 Å². The van der Waals surface area contributed by atoms with E-state index in [0.29, 0.717) is 30.5 Å². The zero-order valence-electron chi connectivity index (χ0n) is 14.3. The number of halogens is 1. The summed E-state index contributed by atoms with van der Waals surface area (Å²) in [4.78, 5) is 16.4. The maximum absolute atomic E-state index is 11.7. The average Bonchev–Trinajstić information content (AvgIpc) is 3.21. The lowest BCUT2D eigenvalue weighted by atomic mass is 9.96. The highest BCUT2D eigenvalue weighted by molar-refractivity contribution is 6.19. The summed E-state index contributed by atoms with van der Waals surface area (Å²) in [6.07, 6.45) is 0.954. The highest BCUT2D eigenvalue weighted by Crippen LogP contribution is 2.46. The van der Waals surface area contributed by atoms with Crippen LogP contribution in [0.2, 0.25) is 0 Å². The molecule has 1 aromatic heterocycles. The second kappa shape index (κ2) is 6.57. The van der Waals surface area contributed by atoms with Crippen molar-refractivity contribution >= 4 is 34.3 Å². The summed E-state index contributed by atoms with van der Waals surface area (Å²) in [6.45, 7) is 2.80. The number of amides is 1. The number of aromatic nitrogens is 1. The van der Waals surface area contributed by atoms with Crippen molar-refractivity contribution in [2.75, 3.05) is 17.3 Å². The highest BCUT2D eigenvalue weighted by atomic mass is 35.5. The van der Waals surface area contributed by atoms with Crippen molar-refractivity contribution in [3.05, 3.63) is 59.3 Å². The smallest absolute Gasteiger partial charge is 0.411 e. The lowest BCUT2D eigenvalue weighted by molar-refractivity contribution is 0.202. The van der Waals surface area contributed by atoms with E-state index in [4.69, 9.17) is 16.3 Å². The zero-order chi connectivity index (χ0) is 18.3. The Morgan fingerprint density at radius 3 is 2.85 bits per heavy atom. The number of carbonyl (C=O) groups is 1. The van der Waals surface area contributed by atoms with Crippen LogP contribution >= 0.6 is 11.6 Å². The fourth-order valence-corrected chi connectivity index (χ4v) is 3.92. The van der Waals surface area contributed by atoms with Gasteiger partial charge in [-0.2, -0.15) is 0 Å². The number of benzene rings is 2. The van der Waals surface area contributed by atoms with Crippen molar-refractivity contribution in [1.29, 1.82) is 0 Å². The fraction of sp³-hybridized carbons (Fsp3) is 0.250. The molecule has 3 aromatic rings. The zero-order valence-corrected chi connectivity index (χ0v) is 15.1. The summed E-state index contributed by atoms with van der Waals surface area (Å²) in [5, 5.41) is 10.6. The number of hydrogen-bond acceptors (Lipinski definition) is 2. The van der Waals surface area contributed by atoms with Gasteiger partial charge in [-0.3, -0.25) is 4.90 Å². The second-order valence-electron chi connectivity index (χ2n) is 6.55. The topological polar surface area (TPSA) is 65.6 Å². The van der Waals surface area contributed by atoms with Gasteiger partial charge in [0.05, 0.1) is 11.2 Å². The summed E-state index contributed by atoms with van der Waals surface area (Å²) in [6, 6.07) is 11.7. The van der Waals surface area contributed by atoms with Gasteiger partial charge in [-0.15, -0.1) is 11.6 Å². The molecule has 4 rings (SSSR count). The van der Waals surface area contributed by atoms with Crippen molar-refractivity contribution in [2.45, 2.75) is 19.4 Å². The van der Waals surface area contributed by atoms with Crippen molar-refractivity contribution < 1.29 is 14.6 Å². The van der Waals surface area contributed by atoms with Crippen molar-refractivity contribution in [3.63, 3.8) is 0 Å². The van der Waals surface area contributed by atoms with Crippen LogP contribution in [0.3, 0.4) is 0 Å². The van der Waals surface area contributed by atoms with Gasteiger partial charge in [-0.25, -0.2) is 4.79 Å². The van der Waals surface area contributed by atoms with E-state index in [9.17, 15) is 9.90 Å². The number of aromatic amines is 1. The molecule has 1 unspecified atom stereocenters. The number of fused-ring (bicyclic) bond motifs is 3. The Kier molecular flexibility index (Phi) is 4.24. The monoisotopic (exact) mass is 370 g/mol. The molecule has 1 aliphatic rings. The largest absolute Gasteiger partial charge is 0.487 e. The van der Waals surface area contributed by atoms with Crippen LogP contribution in [0, 0.1) is 6.92 Å². The molecule has 0 saturated carbocycles. The Hall–Kier alpha value is -2.66. The minimum Gasteiger partial charge on any atom is -0.487 e. The Bertz CT molecular complexity index is 968. The second-order valence-corrected chi connectivity index (χ2v) is 6.86. The van der Waals surface area contributed by atoms with Crippen LogP contribution < -0.4 is 9.64 Å². The van der Waals surface area contributed by atoms with Crippen LogP contribution in [0.15, 0.2) is 42.6 Å². The molecule has 0 radical (unpaired) electrons. The van der Waals surface area contributed by atoms with E-state index in [1.165, 1.54) is 4.90 Å². The van der Waals surface area contributed by atoms with Gasteiger partial charge in [0, 0.05) is 36.0 Å². The van der Waals surface area contributed by atoms with Gasteiger partial charge in [0.15, 0.2) is 0 Å². The fourth-order valence-electron chi connectivity index (χ4n) is 3.67. The predicted octanol–water partition coefficient (Wildman–Crippen LogP) is 4.88. The van der Waals surface area contributed by atoms with E-state index in [1.54, 1.807) is 0 Å². The van der Waals surface area contributed by atoms with Crippen molar-refractivity contribution in [3.8, 4) is 5.75 Å². The SMILES string of the molecule is Cc1c[nH]c2c(OCc3ccccc3)cc3c(c12)C(CCl)CN3C(=O)O. The molecule has 26 heavy (non-hydrogen) atoms. The van der Waals surface area contributed by atoms with Gasteiger partial charge in [-0.1, -0.05) is 30.3 Å². The van der Waals surface area contributed by atoms with E-state index < -0.39 is 6.09 Å². The summed E-state index contributed by atoms with van der Waals surface area (Å²) in [5.74, 6) is 1.00. The molecule has 0 bridgehead atoms. The first-order chi connectivity index (χ1) is 12.6. The normalized spacial score (nSPS) is 16.1. The first-order valence-electron chi connectivity index (χ1n) is 8.48.